The molecule has 1 aromatic carbocycles. The van der Waals surface area contributed by atoms with Crippen molar-refractivity contribution >= 4 is 11.8 Å². The van der Waals surface area contributed by atoms with Crippen LogP contribution >= 0.6 is 0 Å². The third-order valence-electron chi connectivity index (χ3n) is 5.07. The Kier molecular flexibility index (Phi) is 3.94. The van der Waals surface area contributed by atoms with Gasteiger partial charge in [-0.15, -0.1) is 0 Å². The molecule has 4 heteroatoms. The first-order chi connectivity index (χ1) is 10.5. The number of amides is 2. The number of carbonyl (C=O) groups excluding carboxylic acids is 2. The monoisotopic (exact) mass is 300 g/mol. The van der Waals surface area contributed by atoms with Gasteiger partial charge in [0.15, 0.2) is 0 Å². The number of likely N-dealkylation sites (tertiary alicyclic amines) is 2. The molecule has 1 spiro atoms. The van der Waals surface area contributed by atoms with E-state index in [0.717, 1.165) is 25.9 Å². The van der Waals surface area contributed by atoms with Crippen molar-refractivity contribution < 1.29 is 9.59 Å². The summed E-state index contributed by atoms with van der Waals surface area (Å²) >= 11 is 0. The molecular weight excluding hydrogens is 276 g/mol. The maximum absolute atomic E-state index is 12.9. The van der Waals surface area contributed by atoms with Gasteiger partial charge in [0, 0.05) is 32.6 Å². The van der Waals surface area contributed by atoms with Crippen molar-refractivity contribution in [1.29, 1.82) is 0 Å². The van der Waals surface area contributed by atoms with Crippen LogP contribution in [0.15, 0.2) is 24.3 Å². The zero-order valence-electron chi connectivity index (χ0n) is 13.5. The Morgan fingerprint density at radius 1 is 1.27 bits per heavy atom. The van der Waals surface area contributed by atoms with E-state index in [4.69, 9.17) is 0 Å². The average Bonchev–Trinajstić information content (AvgIpc) is 3.07. The molecule has 2 heterocycles. The summed E-state index contributed by atoms with van der Waals surface area (Å²) in [4.78, 5) is 28.6. The Hall–Kier alpha value is -1.84. The SMILES string of the molecule is CCC(=O)N1CCC2(CCN(Cc3cccc(C)c3)C2=O)C1. The number of nitrogens with zero attached hydrogens (tertiary/aromatic N) is 2. The van der Waals surface area contributed by atoms with Crippen LogP contribution in [-0.2, 0) is 16.1 Å². The Labute approximate surface area is 132 Å². The van der Waals surface area contributed by atoms with E-state index < -0.39 is 0 Å². The summed E-state index contributed by atoms with van der Waals surface area (Å²) < 4.78 is 0. The highest BCUT2D eigenvalue weighted by Crippen LogP contribution is 2.41. The molecule has 0 aliphatic carbocycles. The minimum Gasteiger partial charge on any atom is -0.342 e. The number of benzene rings is 1. The molecule has 2 aliphatic heterocycles. The fourth-order valence-electron chi connectivity index (χ4n) is 3.76. The predicted molar refractivity (Wildman–Crippen MR) is 85.1 cm³/mol. The van der Waals surface area contributed by atoms with Crippen molar-refractivity contribution in [3.05, 3.63) is 35.4 Å². The summed E-state index contributed by atoms with van der Waals surface area (Å²) in [6.07, 6.45) is 2.23. The summed E-state index contributed by atoms with van der Waals surface area (Å²) in [7, 11) is 0. The topological polar surface area (TPSA) is 40.6 Å². The van der Waals surface area contributed by atoms with Gasteiger partial charge < -0.3 is 9.80 Å². The van der Waals surface area contributed by atoms with E-state index in [1.54, 1.807) is 0 Å². The maximum atomic E-state index is 12.9. The molecular formula is C18H24N2O2. The smallest absolute Gasteiger partial charge is 0.231 e. The Bertz CT molecular complexity index is 599. The van der Waals surface area contributed by atoms with Crippen LogP contribution in [0.25, 0.3) is 0 Å². The molecule has 0 saturated carbocycles. The highest BCUT2D eigenvalue weighted by Gasteiger charge is 2.51. The van der Waals surface area contributed by atoms with Gasteiger partial charge in [-0.25, -0.2) is 0 Å². The lowest BCUT2D eigenvalue weighted by molar-refractivity contribution is -0.136. The van der Waals surface area contributed by atoms with Gasteiger partial charge in [-0.2, -0.15) is 0 Å². The Morgan fingerprint density at radius 3 is 2.77 bits per heavy atom. The first-order valence-corrected chi connectivity index (χ1v) is 8.17. The molecule has 0 aromatic heterocycles. The van der Waals surface area contributed by atoms with Crippen molar-refractivity contribution in [2.24, 2.45) is 5.41 Å². The highest BCUT2D eigenvalue weighted by molar-refractivity contribution is 5.87. The molecule has 0 radical (unpaired) electrons. The standard InChI is InChI=1S/C18H24N2O2/c1-3-16(21)20-10-8-18(13-20)7-9-19(17(18)22)12-15-6-4-5-14(2)11-15/h4-6,11H,3,7-10,12-13H2,1-2H3. The minimum atomic E-state index is -0.311. The van der Waals surface area contributed by atoms with Crippen LogP contribution in [0.4, 0.5) is 0 Å². The van der Waals surface area contributed by atoms with Gasteiger partial charge in [-0.3, -0.25) is 9.59 Å². The van der Waals surface area contributed by atoms with Crippen LogP contribution in [-0.4, -0.2) is 41.2 Å². The second kappa shape index (κ2) is 5.75. The van der Waals surface area contributed by atoms with Gasteiger partial charge in [-0.05, 0) is 25.3 Å². The third kappa shape index (κ3) is 2.62. The molecule has 1 unspecified atom stereocenters. The third-order valence-corrected chi connectivity index (χ3v) is 5.07. The molecule has 2 saturated heterocycles. The summed E-state index contributed by atoms with van der Waals surface area (Å²) in [6.45, 7) is 6.79. The molecule has 2 amide bonds. The first-order valence-electron chi connectivity index (χ1n) is 8.17. The molecule has 0 bridgehead atoms. The lowest BCUT2D eigenvalue weighted by Crippen LogP contribution is -2.38. The van der Waals surface area contributed by atoms with Crippen molar-refractivity contribution in [1.82, 2.24) is 9.80 Å². The van der Waals surface area contributed by atoms with Crippen LogP contribution in [0, 0.1) is 12.3 Å². The van der Waals surface area contributed by atoms with Crippen molar-refractivity contribution in [2.45, 2.75) is 39.7 Å². The average molecular weight is 300 g/mol. The lowest BCUT2D eigenvalue weighted by atomic mass is 9.85. The van der Waals surface area contributed by atoms with E-state index in [1.807, 2.05) is 22.8 Å². The minimum absolute atomic E-state index is 0.168. The second-order valence-electron chi connectivity index (χ2n) is 6.66. The number of aryl methyl sites for hydroxylation is 1. The van der Waals surface area contributed by atoms with E-state index in [1.165, 1.54) is 11.1 Å². The van der Waals surface area contributed by atoms with E-state index in [-0.39, 0.29) is 17.2 Å². The zero-order valence-corrected chi connectivity index (χ0v) is 13.5. The zero-order chi connectivity index (χ0) is 15.7. The molecule has 1 atom stereocenters. The Morgan fingerprint density at radius 2 is 2.05 bits per heavy atom. The predicted octanol–water partition coefficient (Wildman–Crippen LogP) is 2.36. The van der Waals surface area contributed by atoms with Crippen LogP contribution < -0.4 is 0 Å². The summed E-state index contributed by atoms with van der Waals surface area (Å²) in [6, 6.07) is 8.33. The van der Waals surface area contributed by atoms with Crippen molar-refractivity contribution in [3.8, 4) is 0 Å². The van der Waals surface area contributed by atoms with Crippen LogP contribution in [0.3, 0.4) is 0 Å². The maximum Gasteiger partial charge on any atom is 0.231 e. The van der Waals surface area contributed by atoms with Gasteiger partial charge in [0.2, 0.25) is 11.8 Å². The normalized spacial score (nSPS) is 24.5. The first kappa shape index (κ1) is 15.1. The number of rotatable bonds is 3. The molecule has 0 N–H and O–H groups in total. The van der Waals surface area contributed by atoms with Crippen LogP contribution in [0.1, 0.15) is 37.3 Å². The molecule has 2 fully saturated rings. The number of carbonyl (C=O) groups is 2. The van der Waals surface area contributed by atoms with E-state index in [9.17, 15) is 9.59 Å². The van der Waals surface area contributed by atoms with E-state index >= 15 is 0 Å². The fourth-order valence-corrected chi connectivity index (χ4v) is 3.76. The van der Waals surface area contributed by atoms with Gasteiger partial charge in [0.1, 0.15) is 0 Å². The molecule has 1 aromatic rings. The van der Waals surface area contributed by atoms with Gasteiger partial charge in [-0.1, -0.05) is 36.8 Å². The summed E-state index contributed by atoms with van der Waals surface area (Å²) in [5, 5.41) is 0. The molecule has 2 aliphatic rings. The largest absolute Gasteiger partial charge is 0.342 e. The van der Waals surface area contributed by atoms with Crippen molar-refractivity contribution in [2.75, 3.05) is 19.6 Å². The lowest BCUT2D eigenvalue weighted by Gasteiger charge is -2.23. The van der Waals surface area contributed by atoms with Gasteiger partial charge >= 0.3 is 0 Å². The summed E-state index contributed by atoms with van der Waals surface area (Å²) in [5.74, 6) is 0.405. The van der Waals surface area contributed by atoms with E-state index in [2.05, 4.69) is 25.1 Å². The molecule has 22 heavy (non-hydrogen) atoms. The van der Waals surface area contributed by atoms with Gasteiger partial charge in [0.25, 0.3) is 0 Å². The van der Waals surface area contributed by atoms with Gasteiger partial charge in [0.05, 0.1) is 5.41 Å². The Balaban J connectivity index is 1.69. The van der Waals surface area contributed by atoms with Crippen molar-refractivity contribution in [3.63, 3.8) is 0 Å². The second-order valence-corrected chi connectivity index (χ2v) is 6.66. The molecule has 3 rings (SSSR count). The number of hydrogen-bond acceptors (Lipinski definition) is 2. The highest BCUT2D eigenvalue weighted by atomic mass is 16.2. The van der Waals surface area contributed by atoms with Crippen LogP contribution in [0.2, 0.25) is 0 Å². The van der Waals surface area contributed by atoms with Crippen LogP contribution in [0.5, 0.6) is 0 Å². The quantitative estimate of drug-likeness (QED) is 0.860. The number of hydrogen-bond donors (Lipinski definition) is 0. The fraction of sp³-hybridized carbons (Fsp3) is 0.556. The molecule has 118 valence electrons. The summed E-state index contributed by atoms with van der Waals surface area (Å²) in [5.41, 5.74) is 2.10. The molecule has 4 nitrogen and oxygen atoms in total. The van der Waals surface area contributed by atoms with E-state index in [0.29, 0.717) is 19.5 Å².